The van der Waals surface area contributed by atoms with E-state index in [4.69, 9.17) is 5.11 Å². The predicted molar refractivity (Wildman–Crippen MR) is 61.9 cm³/mol. The Bertz CT molecular complexity index is 357. The average Bonchev–Trinajstić information content (AvgIpc) is 3.08. The van der Waals surface area contributed by atoms with Crippen molar-refractivity contribution >= 4 is 5.91 Å². The van der Waals surface area contributed by atoms with Crippen molar-refractivity contribution in [3.8, 4) is 0 Å². The first-order valence-electron chi connectivity index (χ1n) is 5.70. The molecule has 0 aliphatic heterocycles. The van der Waals surface area contributed by atoms with Gasteiger partial charge in [-0.3, -0.25) is 4.79 Å². The van der Waals surface area contributed by atoms with Crippen LogP contribution in [0, 0.1) is 5.41 Å². The maximum atomic E-state index is 11.9. The van der Waals surface area contributed by atoms with Gasteiger partial charge in [-0.05, 0) is 24.8 Å². The van der Waals surface area contributed by atoms with Gasteiger partial charge in [0.15, 0.2) is 0 Å². The second-order valence-corrected chi connectivity index (χ2v) is 4.42. The third kappa shape index (κ3) is 2.42. The largest absolute Gasteiger partial charge is 0.395 e. The van der Waals surface area contributed by atoms with E-state index in [0.717, 1.165) is 19.3 Å². The number of nitrogens with one attached hydrogen (secondary N) is 1. The van der Waals surface area contributed by atoms with E-state index in [1.807, 2.05) is 18.2 Å². The Balaban J connectivity index is 1.96. The number of benzene rings is 1. The SMILES string of the molecule is O=C(NCCO)C1(Cc2ccccc2)CC1. The first-order valence-corrected chi connectivity index (χ1v) is 5.70. The standard InChI is InChI=1S/C13H17NO2/c15-9-8-14-12(16)13(6-7-13)10-11-4-2-1-3-5-11/h1-5,15H,6-10H2,(H,14,16). The molecule has 0 atom stereocenters. The molecule has 3 nitrogen and oxygen atoms in total. The average molecular weight is 219 g/mol. The molecule has 1 fully saturated rings. The number of amides is 1. The summed E-state index contributed by atoms with van der Waals surface area (Å²) in [4.78, 5) is 11.9. The Morgan fingerprint density at radius 3 is 2.56 bits per heavy atom. The normalized spacial score (nSPS) is 16.8. The van der Waals surface area contributed by atoms with E-state index in [1.165, 1.54) is 5.56 Å². The predicted octanol–water partition coefficient (Wildman–Crippen LogP) is 1.12. The number of carbonyl (C=O) groups excluding carboxylic acids is 1. The Kier molecular flexibility index (Phi) is 3.25. The molecular weight excluding hydrogens is 202 g/mol. The highest BCUT2D eigenvalue weighted by Crippen LogP contribution is 2.48. The fourth-order valence-corrected chi connectivity index (χ4v) is 1.98. The van der Waals surface area contributed by atoms with Gasteiger partial charge in [0, 0.05) is 6.54 Å². The number of aliphatic hydroxyl groups excluding tert-OH is 1. The van der Waals surface area contributed by atoms with Crippen LogP contribution in [0.15, 0.2) is 30.3 Å². The molecule has 1 saturated carbocycles. The van der Waals surface area contributed by atoms with Crippen molar-refractivity contribution in [2.24, 2.45) is 5.41 Å². The van der Waals surface area contributed by atoms with Crippen LogP contribution >= 0.6 is 0 Å². The molecule has 0 spiro atoms. The van der Waals surface area contributed by atoms with Crippen LogP contribution in [0.4, 0.5) is 0 Å². The molecule has 1 aliphatic rings. The summed E-state index contributed by atoms with van der Waals surface area (Å²) in [5.41, 5.74) is 1.01. The Morgan fingerprint density at radius 1 is 1.31 bits per heavy atom. The summed E-state index contributed by atoms with van der Waals surface area (Å²) in [7, 11) is 0. The number of rotatable bonds is 5. The van der Waals surface area contributed by atoms with Gasteiger partial charge in [0.05, 0.1) is 12.0 Å². The van der Waals surface area contributed by atoms with Gasteiger partial charge in [-0.2, -0.15) is 0 Å². The zero-order chi connectivity index (χ0) is 11.4. The molecule has 0 radical (unpaired) electrons. The summed E-state index contributed by atoms with van der Waals surface area (Å²) in [6, 6.07) is 10.1. The quantitative estimate of drug-likeness (QED) is 0.779. The molecule has 1 aromatic carbocycles. The summed E-state index contributed by atoms with van der Waals surface area (Å²) < 4.78 is 0. The molecule has 0 bridgehead atoms. The van der Waals surface area contributed by atoms with Crippen molar-refractivity contribution in [3.63, 3.8) is 0 Å². The van der Waals surface area contributed by atoms with E-state index in [1.54, 1.807) is 0 Å². The second kappa shape index (κ2) is 4.66. The lowest BCUT2D eigenvalue weighted by Crippen LogP contribution is -2.35. The maximum Gasteiger partial charge on any atom is 0.226 e. The van der Waals surface area contributed by atoms with Crippen LogP contribution in [-0.4, -0.2) is 24.2 Å². The minimum atomic E-state index is -0.198. The molecule has 2 rings (SSSR count). The van der Waals surface area contributed by atoms with Crippen molar-refractivity contribution in [2.45, 2.75) is 19.3 Å². The fourth-order valence-electron chi connectivity index (χ4n) is 1.98. The zero-order valence-corrected chi connectivity index (χ0v) is 9.28. The van der Waals surface area contributed by atoms with Gasteiger partial charge in [-0.25, -0.2) is 0 Å². The number of hydrogen-bond donors (Lipinski definition) is 2. The highest BCUT2D eigenvalue weighted by atomic mass is 16.3. The van der Waals surface area contributed by atoms with Crippen LogP contribution in [0.25, 0.3) is 0 Å². The van der Waals surface area contributed by atoms with Gasteiger partial charge in [0.2, 0.25) is 5.91 Å². The first kappa shape index (κ1) is 11.1. The molecule has 86 valence electrons. The monoisotopic (exact) mass is 219 g/mol. The Morgan fingerprint density at radius 2 is 2.00 bits per heavy atom. The van der Waals surface area contributed by atoms with Crippen LogP contribution in [0.2, 0.25) is 0 Å². The topological polar surface area (TPSA) is 49.3 Å². The summed E-state index contributed by atoms with van der Waals surface area (Å²) >= 11 is 0. The molecule has 2 N–H and O–H groups in total. The van der Waals surface area contributed by atoms with Gasteiger partial charge in [0.1, 0.15) is 0 Å². The fraction of sp³-hybridized carbons (Fsp3) is 0.462. The van der Waals surface area contributed by atoms with Gasteiger partial charge in [0.25, 0.3) is 0 Å². The van der Waals surface area contributed by atoms with Crippen molar-refractivity contribution in [2.75, 3.05) is 13.2 Å². The molecule has 3 heteroatoms. The molecule has 0 heterocycles. The highest BCUT2D eigenvalue weighted by molar-refractivity contribution is 5.85. The van der Waals surface area contributed by atoms with E-state index >= 15 is 0 Å². The van der Waals surface area contributed by atoms with Crippen molar-refractivity contribution in [1.29, 1.82) is 0 Å². The van der Waals surface area contributed by atoms with E-state index in [-0.39, 0.29) is 17.9 Å². The number of aliphatic hydroxyl groups is 1. The van der Waals surface area contributed by atoms with Crippen molar-refractivity contribution in [1.82, 2.24) is 5.32 Å². The number of carbonyl (C=O) groups is 1. The summed E-state index contributed by atoms with van der Waals surface area (Å²) in [6.07, 6.45) is 2.73. The van der Waals surface area contributed by atoms with Gasteiger partial charge < -0.3 is 10.4 Å². The molecule has 0 unspecified atom stereocenters. The summed E-state index contributed by atoms with van der Waals surface area (Å²) in [5.74, 6) is 0.0883. The van der Waals surface area contributed by atoms with E-state index in [2.05, 4.69) is 17.4 Å². The van der Waals surface area contributed by atoms with Gasteiger partial charge in [-0.1, -0.05) is 30.3 Å². The van der Waals surface area contributed by atoms with Crippen molar-refractivity contribution in [3.05, 3.63) is 35.9 Å². The first-order chi connectivity index (χ1) is 7.77. The molecule has 1 amide bonds. The lowest BCUT2D eigenvalue weighted by Gasteiger charge is -2.14. The van der Waals surface area contributed by atoms with E-state index < -0.39 is 0 Å². The molecule has 0 saturated heterocycles. The highest BCUT2D eigenvalue weighted by Gasteiger charge is 2.49. The second-order valence-electron chi connectivity index (χ2n) is 4.42. The molecule has 0 aromatic heterocycles. The molecular formula is C13H17NO2. The van der Waals surface area contributed by atoms with Gasteiger partial charge in [-0.15, -0.1) is 0 Å². The maximum absolute atomic E-state index is 11.9. The third-order valence-electron chi connectivity index (χ3n) is 3.12. The van der Waals surface area contributed by atoms with E-state index in [9.17, 15) is 4.79 Å². The Labute approximate surface area is 95.5 Å². The van der Waals surface area contributed by atoms with Crippen LogP contribution in [0.1, 0.15) is 18.4 Å². The minimum Gasteiger partial charge on any atom is -0.395 e. The lowest BCUT2D eigenvalue weighted by molar-refractivity contribution is -0.126. The van der Waals surface area contributed by atoms with Gasteiger partial charge >= 0.3 is 0 Å². The lowest BCUT2D eigenvalue weighted by atomic mass is 9.95. The van der Waals surface area contributed by atoms with Crippen LogP contribution in [-0.2, 0) is 11.2 Å². The molecule has 16 heavy (non-hydrogen) atoms. The van der Waals surface area contributed by atoms with E-state index in [0.29, 0.717) is 6.54 Å². The van der Waals surface area contributed by atoms with Crippen LogP contribution in [0.5, 0.6) is 0 Å². The Hall–Kier alpha value is -1.35. The minimum absolute atomic E-state index is 0.00710. The van der Waals surface area contributed by atoms with Crippen molar-refractivity contribution < 1.29 is 9.90 Å². The third-order valence-corrected chi connectivity index (χ3v) is 3.12. The van der Waals surface area contributed by atoms with Crippen LogP contribution < -0.4 is 5.32 Å². The summed E-state index contributed by atoms with van der Waals surface area (Å²) in [6.45, 7) is 0.364. The smallest absolute Gasteiger partial charge is 0.226 e. The molecule has 1 aliphatic carbocycles. The summed E-state index contributed by atoms with van der Waals surface area (Å²) in [5, 5.41) is 11.4. The zero-order valence-electron chi connectivity index (χ0n) is 9.28. The molecule has 1 aromatic rings. The number of hydrogen-bond acceptors (Lipinski definition) is 2. The van der Waals surface area contributed by atoms with Crippen LogP contribution in [0.3, 0.4) is 0 Å².